The second-order valence-electron chi connectivity index (χ2n) is 13.5. The van der Waals surface area contributed by atoms with E-state index in [0.717, 1.165) is 35.5 Å². The summed E-state index contributed by atoms with van der Waals surface area (Å²) in [4.78, 5) is 33.5. The van der Waals surface area contributed by atoms with Gasteiger partial charge in [0.2, 0.25) is 11.7 Å². The lowest BCUT2D eigenvalue weighted by Gasteiger charge is -2.29. The van der Waals surface area contributed by atoms with Gasteiger partial charge in [0.25, 0.3) is 15.9 Å². The Bertz CT molecular complexity index is 2060. The Hall–Kier alpha value is -5.31. The Balaban J connectivity index is 0.00000627. The number of aldehydes is 1. The number of hydrogen-bond acceptors (Lipinski definition) is 11. The Labute approximate surface area is 310 Å². The Morgan fingerprint density at radius 2 is 1.83 bits per heavy atom. The molecule has 0 saturated carbocycles. The average molecular weight is 746 g/mol. The van der Waals surface area contributed by atoms with Gasteiger partial charge < -0.3 is 29.6 Å². The first kappa shape index (κ1) is 40.5. The van der Waals surface area contributed by atoms with Gasteiger partial charge in [-0.1, -0.05) is 61.5 Å². The summed E-state index contributed by atoms with van der Waals surface area (Å²) < 4.78 is 39.4. The van der Waals surface area contributed by atoms with Gasteiger partial charge >= 0.3 is 0 Å². The summed E-state index contributed by atoms with van der Waals surface area (Å²) in [6.07, 6.45) is 6.99. The minimum Gasteiger partial charge on any atom is -0.491 e. The number of ether oxygens (including phenoxy) is 1. The van der Waals surface area contributed by atoms with Crippen LogP contribution in [0.2, 0.25) is 0 Å². The molecular formula is C39H47N5O8S. The molecule has 14 heteroatoms. The first-order valence-corrected chi connectivity index (χ1v) is 18.6. The molecule has 13 nitrogen and oxygen atoms in total. The Morgan fingerprint density at radius 1 is 1.08 bits per heavy atom. The van der Waals surface area contributed by atoms with Gasteiger partial charge in [0.05, 0.1) is 28.3 Å². The molecule has 1 aliphatic rings. The van der Waals surface area contributed by atoms with Crippen LogP contribution >= 0.6 is 0 Å². The third kappa shape index (κ3) is 9.97. The first-order chi connectivity index (χ1) is 24.8. The van der Waals surface area contributed by atoms with Crippen molar-refractivity contribution in [1.29, 1.82) is 0 Å². The standard InChI is InChI=1S/C39H45N5O7S.H2O/c1-27(2)17-19-43(4)34-16-13-30(23-35(34)44(5)25-28-11-14-32(15-12-28)50-21-20-45)36-40-37(51-41-36)31-9-7-18-39(3,24-31)38(47)42-52(48,49)33-10-6-8-29(22-33)26-46;/h6-8,10-16,18,22-24,26-27,45H,9,17,19-21,25H2,1-5H3,(H,42,47);1H2. The molecule has 3 aromatic carbocycles. The maximum atomic E-state index is 13.4. The van der Waals surface area contributed by atoms with E-state index in [1.165, 1.54) is 24.3 Å². The van der Waals surface area contributed by atoms with Crippen LogP contribution in [0.3, 0.4) is 0 Å². The van der Waals surface area contributed by atoms with Crippen molar-refractivity contribution in [2.75, 3.05) is 43.7 Å². The lowest BCUT2D eigenvalue weighted by atomic mass is 9.82. The minimum absolute atomic E-state index is 0. The van der Waals surface area contributed by atoms with Crippen LogP contribution in [0.15, 0.2) is 94.4 Å². The van der Waals surface area contributed by atoms with Gasteiger partial charge in [-0.25, -0.2) is 13.1 Å². The van der Waals surface area contributed by atoms with E-state index >= 15 is 0 Å². The van der Waals surface area contributed by atoms with E-state index < -0.39 is 21.3 Å². The molecule has 4 N–H and O–H groups in total. The largest absolute Gasteiger partial charge is 0.491 e. The zero-order valence-electron chi connectivity index (χ0n) is 30.6. The summed E-state index contributed by atoms with van der Waals surface area (Å²) in [5, 5.41) is 13.3. The topological polar surface area (TPSA) is 187 Å². The first-order valence-electron chi connectivity index (χ1n) is 17.1. The number of sulfonamides is 1. The van der Waals surface area contributed by atoms with Gasteiger partial charge in [0.15, 0.2) is 0 Å². The number of rotatable bonds is 16. The van der Waals surface area contributed by atoms with Gasteiger partial charge in [0, 0.05) is 43.9 Å². The fraction of sp³-hybridized carbons (Fsp3) is 0.333. The molecule has 1 aliphatic carbocycles. The molecule has 53 heavy (non-hydrogen) atoms. The van der Waals surface area contributed by atoms with Crippen molar-refractivity contribution >= 4 is 39.2 Å². The van der Waals surface area contributed by atoms with E-state index in [2.05, 4.69) is 46.6 Å². The molecule has 4 aromatic rings. The summed E-state index contributed by atoms with van der Waals surface area (Å²) in [7, 11) is -0.132. The zero-order valence-corrected chi connectivity index (χ0v) is 31.4. The molecule has 0 spiro atoms. The molecule has 0 radical (unpaired) electrons. The van der Waals surface area contributed by atoms with Crippen LogP contribution in [0.5, 0.6) is 5.75 Å². The van der Waals surface area contributed by atoms with E-state index in [1.54, 1.807) is 25.2 Å². The van der Waals surface area contributed by atoms with Crippen LogP contribution in [0.25, 0.3) is 17.0 Å². The van der Waals surface area contributed by atoms with Crippen molar-refractivity contribution in [3.05, 3.63) is 102 Å². The average Bonchev–Trinajstić information content (AvgIpc) is 3.64. The Kier molecular flexibility index (Phi) is 13.3. The highest BCUT2D eigenvalue weighted by molar-refractivity contribution is 7.90. The number of aromatic nitrogens is 2. The van der Waals surface area contributed by atoms with Crippen LogP contribution in [0, 0.1) is 11.3 Å². The van der Waals surface area contributed by atoms with Crippen LogP contribution in [0.1, 0.15) is 55.4 Å². The van der Waals surface area contributed by atoms with E-state index in [9.17, 15) is 18.0 Å². The van der Waals surface area contributed by atoms with Gasteiger partial charge in [-0.05, 0) is 73.7 Å². The lowest BCUT2D eigenvalue weighted by molar-refractivity contribution is -0.124. The van der Waals surface area contributed by atoms with Crippen LogP contribution < -0.4 is 19.3 Å². The van der Waals surface area contributed by atoms with Crippen molar-refractivity contribution in [1.82, 2.24) is 14.9 Å². The summed E-state index contributed by atoms with van der Waals surface area (Å²) in [5.74, 6) is 1.06. The highest BCUT2D eigenvalue weighted by Crippen LogP contribution is 2.36. The molecule has 0 aliphatic heterocycles. The van der Waals surface area contributed by atoms with Gasteiger partial charge in [-0.3, -0.25) is 9.59 Å². The predicted molar refractivity (Wildman–Crippen MR) is 204 cm³/mol. The number of carbonyl (C=O) groups excluding carboxylic acids is 2. The minimum atomic E-state index is -4.24. The molecule has 5 rings (SSSR count). The number of nitrogens with zero attached hydrogens (tertiary/aromatic N) is 4. The highest BCUT2D eigenvalue weighted by Gasteiger charge is 2.35. The SMILES string of the molecule is CC(C)CCN(C)c1ccc(-c2noc(C3=CC(C)(C(=O)NS(=O)(=O)c4cccc(C=O)c4)C=CC3)n2)cc1N(C)Cc1ccc(OCCO)cc1.O. The lowest BCUT2D eigenvalue weighted by Crippen LogP contribution is -2.40. The quantitative estimate of drug-likeness (QED) is 0.115. The van der Waals surface area contributed by atoms with E-state index in [1.807, 2.05) is 43.4 Å². The fourth-order valence-electron chi connectivity index (χ4n) is 5.78. The van der Waals surface area contributed by atoms with Crippen molar-refractivity contribution in [3.63, 3.8) is 0 Å². The second kappa shape index (κ2) is 17.5. The molecular weight excluding hydrogens is 699 g/mol. The summed E-state index contributed by atoms with van der Waals surface area (Å²) in [6, 6.07) is 19.3. The molecule has 1 unspecified atom stereocenters. The number of nitrogens with one attached hydrogen (secondary N) is 1. The molecule has 0 saturated heterocycles. The molecule has 0 fully saturated rings. The number of benzene rings is 3. The maximum absolute atomic E-state index is 13.4. The summed E-state index contributed by atoms with van der Waals surface area (Å²) >= 11 is 0. The summed E-state index contributed by atoms with van der Waals surface area (Å²) in [5.41, 5.74) is 3.26. The third-order valence-corrected chi connectivity index (χ3v) is 10.1. The maximum Gasteiger partial charge on any atom is 0.264 e. The highest BCUT2D eigenvalue weighted by atomic mass is 32.2. The number of carbonyl (C=O) groups is 2. The number of anilines is 2. The van der Waals surface area contributed by atoms with E-state index in [-0.39, 0.29) is 35.0 Å². The number of allylic oxidation sites excluding steroid dienone is 2. The molecule has 1 aromatic heterocycles. The molecule has 1 heterocycles. The second-order valence-corrected chi connectivity index (χ2v) is 15.2. The Morgan fingerprint density at radius 3 is 2.53 bits per heavy atom. The third-order valence-electron chi connectivity index (χ3n) is 8.80. The van der Waals surface area contributed by atoms with Gasteiger partial charge in [-0.2, -0.15) is 4.98 Å². The molecule has 282 valence electrons. The number of aliphatic hydroxyl groups excluding tert-OH is 1. The van der Waals surface area contributed by atoms with Crippen molar-refractivity contribution in [2.45, 2.75) is 45.1 Å². The van der Waals surface area contributed by atoms with Crippen molar-refractivity contribution in [3.8, 4) is 17.1 Å². The molecule has 1 atom stereocenters. The van der Waals surface area contributed by atoms with E-state index in [0.29, 0.717) is 42.3 Å². The normalized spacial score (nSPS) is 15.3. The number of hydrogen-bond donors (Lipinski definition) is 2. The van der Waals surface area contributed by atoms with Crippen LogP contribution in [-0.2, 0) is 21.4 Å². The summed E-state index contributed by atoms with van der Waals surface area (Å²) in [6.45, 7) is 7.69. The monoisotopic (exact) mass is 745 g/mol. The predicted octanol–water partition coefficient (Wildman–Crippen LogP) is 5.07. The van der Waals surface area contributed by atoms with Crippen LogP contribution in [-0.4, -0.2) is 75.2 Å². The smallest absolute Gasteiger partial charge is 0.264 e. The van der Waals surface area contributed by atoms with Crippen molar-refractivity contribution < 1.29 is 37.8 Å². The molecule has 1 amide bonds. The number of amides is 1. The number of aliphatic hydroxyl groups is 1. The van der Waals surface area contributed by atoms with Gasteiger partial charge in [-0.15, -0.1) is 0 Å². The molecule has 0 bridgehead atoms. The fourth-order valence-corrected chi connectivity index (χ4v) is 6.91. The zero-order chi connectivity index (χ0) is 37.5. The van der Waals surface area contributed by atoms with Crippen LogP contribution in [0.4, 0.5) is 11.4 Å². The van der Waals surface area contributed by atoms with Crippen molar-refractivity contribution in [2.24, 2.45) is 11.3 Å². The van der Waals surface area contributed by atoms with E-state index in [4.69, 9.17) is 19.4 Å². The van der Waals surface area contributed by atoms with Gasteiger partial charge in [0.1, 0.15) is 18.6 Å².